The van der Waals surface area contributed by atoms with Gasteiger partial charge in [0.1, 0.15) is 11.8 Å². The number of hydrogen-bond donors (Lipinski definition) is 0. The summed E-state index contributed by atoms with van der Waals surface area (Å²) >= 11 is 0. The van der Waals surface area contributed by atoms with E-state index >= 15 is 0 Å². The van der Waals surface area contributed by atoms with E-state index < -0.39 is 11.8 Å². The van der Waals surface area contributed by atoms with Crippen molar-refractivity contribution >= 4 is 17.0 Å². The van der Waals surface area contributed by atoms with E-state index in [2.05, 4.69) is 4.98 Å². The molecule has 3 rings (SSSR count). The number of aromatic nitrogens is 2. The second kappa shape index (κ2) is 4.17. The second-order valence-corrected chi connectivity index (χ2v) is 3.96. The summed E-state index contributed by atoms with van der Waals surface area (Å²) < 4.78 is 14.6. The fraction of sp³-hybridized carbons (Fsp3) is 0.273. The van der Waals surface area contributed by atoms with E-state index in [-0.39, 0.29) is 30.7 Å². The zero-order valence-corrected chi connectivity index (χ0v) is 9.31. The third kappa shape index (κ3) is 1.96. The van der Waals surface area contributed by atoms with Crippen LogP contribution in [0.15, 0.2) is 18.2 Å². The van der Waals surface area contributed by atoms with Crippen molar-refractivity contribution in [2.45, 2.75) is 18.9 Å². The molecular weight excluding hydrogens is 218 g/mol. The van der Waals surface area contributed by atoms with Crippen molar-refractivity contribution in [3.8, 4) is 0 Å². The average Bonchev–Trinajstić information content (AvgIpc) is 2.99. The third-order valence-electron chi connectivity index (χ3n) is 2.75. The minimum absolute atomic E-state index is 0. The topological polar surface area (TPSA) is 57.9 Å². The molecule has 1 saturated carbocycles. The molecule has 0 amide bonds. The molecule has 0 unspecified atom stereocenters. The zero-order chi connectivity index (χ0) is 11.3. The van der Waals surface area contributed by atoms with Gasteiger partial charge in [0, 0.05) is 12.1 Å². The molecule has 0 bridgehead atoms. The average molecular weight is 226 g/mol. The maximum Gasteiger partial charge on any atom is 1.00 e. The van der Waals surface area contributed by atoms with Crippen LogP contribution in [0.4, 0.5) is 4.39 Å². The molecule has 0 N–H and O–H groups in total. The van der Waals surface area contributed by atoms with Gasteiger partial charge < -0.3 is 14.5 Å². The Hall–Kier alpha value is -1.31. The van der Waals surface area contributed by atoms with Gasteiger partial charge in [0.15, 0.2) is 5.82 Å². The van der Waals surface area contributed by atoms with E-state index in [0.29, 0.717) is 11.0 Å². The van der Waals surface area contributed by atoms with Crippen LogP contribution in [0.25, 0.3) is 11.0 Å². The van der Waals surface area contributed by atoms with E-state index in [1.165, 1.54) is 12.1 Å². The van der Waals surface area contributed by atoms with Crippen molar-refractivity contribution < 1.29 is 33.2 Å². The predicted octanol–water partition coefficient (Wildman–Crippen LogP) is -2.12. The first-order chi connectivity index (χ1) is 7.66. The van der Waals surface area contributed by atoms with Gasteiger partial charge in [-0.25, -0.2) is 9.37 Å². The van der Waals surface area contributed by atoms with Crippen molar-refractivity contribution in [2.75, 3.05) is 0 Å². The Morgan fingerprint density at radius 2 is 2.18 bits per heavy atom. The van der Waals surface area contributed by atoms with E-state index in [4.69, 9.17) is 0 Å². The number of benzene rings is 1. The van der Waals surface area contributed by atoms with E-state index in [9.17, 15) is 14.3 Å². The summed E-state index contributed by atoms with van der Waals surface area (Å²) in [5.74, 6) is -1.84. The fourth-order valence-electron chi connectivity index (χ4n) is 1.92. The first-order valence-electron chi connectivity index (χ1n) is 5.05. The molecular formula is C11H8FLiN2O2. The molecule has 0 aliphatic heterocycles. The number of carbonyl (C=O) groups is 1. The molecule has 1 heterocycles. The Morgan fingerprint density at radius 3 is 2.76 bits per heavy atom. The van der Waals surface area contributed by atoms with E-state index in [0.717, 1.165) is 12.8 Å². The van der Waals surface area contributed by atoms with Crippen LogP contribution in [0.1, 0.15) is 29.5 Å². The molecule has 17 heavy (non-hydrogen) atoms. The fourth-order valence-corrected chi connectivity index (χ4v) is 1.92. The van der Waals surface area contributed by atoms with Crippen LogP contribution in [0.5, 0.6) is 0 Å². The van der Waals surface area contributed by atoms with E-state index in [1.807, 2.05) is 0 Å². The second-order valence-electron chi connectivity index (χ2n) is 3.96. The van der Waals surface area contributed by atoms with Gasteiger partial charge in [0.2, 0.25) is 0 Å². The number of aromatic carboxylic acids is 1. The molecule has 1 aliphatic rings. The van der Waals surface area contributed by atoms with Crippen molar-refractivity contribution in [3.63, 3.8) is 0 Å². The maximum atomic E-state index is 13.0. The third-order valence-corrected chi connectivity index (χ3v) is 2.75. The van der Waals surface area contributed by atoms with Gasteiger partial charge in [-0.15, -0.1) is 0 Å². The van der Waals surface area contributed by atoms with Crippen molar-refractivity contribution in [2.24, 2.45) is 0 Å². The molecule has 0 radical (unpaired) electrons. The summed E-state index contributed by atoms with van der Waals surface area (Å²) in [4.78, 5) is 14.8. The van der Waals surface area contributed by atoms with Gasteiger partial charge in [-0.1, -0.05) is 0 Å². The molecule has 1 aromatic carbocycles. The Balaban J connectivity index is 0.00000108. The molecule has 1 fully saturated rings. The van der Waals surface area contributed by atoms with Gasteiger partial charge in [-0.05, 0) is 25.0 Å². The molecule has 0 atom stereocenters. The van der Waals surface area contributed by atoms with Gasteiger partial charge in [0.25, 0.3) is 0 Å². The normalized spacial score (nSPS) is 14.6. The van der Waals surface area contributed by atoms with Crippen LogP contribution in [-0.4, -0.2) is 15.5 Å². The largest absolute Gasteiger partial charge is 1.00 e. The Bertz CT molecular complexity index is 592. The monoisotopic (exact) mass is 226 g/mol. The van der Waals surface area contributed by atoms with Gasteiger partial charge in [-0.3, -0.25) is 0 Å². The number of imidazole rings is 1. The number of fused-ring (bicyclic) bond motifs is 1. The standard InChI is InChI=1S/C11H9FN2O2.Li/c12-6-1-4-9-8(5-6)13-10(11(15)16)14(9)7-2-3-7;/h1,4-5,7H,2-3H2,(H,15,16);/q;+1/p-1. The first-order valence-corrected chi connectivity index (χ1v) is 5.05. The maximum absolute atomic E-state index is 13.0. The quantitative estimate of drug-likeness (QED) is 0.550. The molecule has 4 nitrogen and oxygen atoms in total. The summed E-state index contributed by atoms with van der Waals surface area (Å²) in [7, 11) is 0. The summed E-state index contributed by atoms with van der Waals surface area (Å²) in [6, 6.07) is 4.27. The van der Waals surface area contributed by atoms with Crippen LogP contribution >= 0.6 is 0 Å². The van der Waals surface area contributed by atoms with Crippen LogP contribution in [0.2, 0.25) is 0 Å². The van der Waals surface area contributed by atoms with Crippen molar-refractivity contribution in [1.82, 2.24) is 9.55 Å². The molecule has 0 spiro atoms. The Kier molecular flexibility index (Phi) is 2.98. The van der Waals surface area contributed by atoms with Crippen LogP contribution in [0.3, 0.4) is 0 Å². The summed E-state index contributed by atoms with van der Waals surface area (Å²) in [6.45, 7) is 0. The number of carboxylic acid groups (broad SMARTS) is 1. The Morgan fingerprint density at radius 1 is 1.47 bits per heavy atom. The Labute approximate surface area is 109 Å². The van der Waals surface area contributed by atoms with Crippen LogP contribution < -0.4 is 24.0 Å². The first kappa shape index (κ1) is 12.2. The summed E-state index contributed by atoms with van der Waals surface area (Å²) in [5.41, 5.74) is 1.02. The number of halogens is 1. The van der Waals surface area contributed by atoms with Gasteiger partial charge >= 0.3 is 18.9 Å². The predicted molar refractivity (Wildman–Crippen MR) is 52.3 cm³/mol. The van der Waals surface area contributed by atoms with Gasteiger partial charge in [0.05, 0.1) is 11.0 Å². The number of hydrogen-bond acceptors (Lipinski definition) is 3. The van der Waals surface area contributed by atoms with E-state index in [1.54, 1.807) is 10.6 Å². The summed E-state index contributed by atoms with van der Waals surface area (Å²) in [5, 5.41) is 10.9. The van der Waals surface area contributed by atoms with Crippen LogP contribution in [0, 0.1) is 5.82 Å². The molecule has 1 aliphatic carbocycles. The van der Waals surface area contributed by atoms with Crippen molar-refractivity contribution in [3.05, 3.63) is 29.8 Å². The SMILES string of the molecule is O=C([O-])c1nc2cc(F)ccc2n1C1CC1.[Li+]. The molecule has 1 aromatic heterocycles. The summed E-state index contributed by atoms with van der Waals surface area (Å²) in [6.07, 6.45) is 1.87. The minimum Gasteiger partial charge on any atom is -0.542 e. The van der Waals surface area contributed by atoms with Crippen molar-refractivity contribution in [1.29, 1.82) is 0 Å². The number of carbonyl (C=O) groups excluding carboxylic acids is 1. The smallest absolute Gasteiger partial charge is 0.542 e. The molecule has 82 valence electrons. The molecule has 0 saturated heterocycles. The molecule has 2 aromatic rings. The number of rotatable bonds is 2. The van der Waals surface area contributed by atoms with Gasteiger partial charge in [-0.2, -0.15) is 0 Å². The zero-order valence-electron chi connectivity index (χ0n) is 9.31. The minimum atomic E-state index is -1.32. The molecule has 6 heteroatoms. The number of nitrogens with zero attached hydrogens (tertiary/aromatic N) is 2. The number of carboxylic acids is 1. The van der Waals surface area contributed by atoms with Crippen LogP contribution in [-0.2, 0) is 0 Å².